The molecule has 0 spiro atoms. The van der Waals surface area contributed by atoms with E-state index in [1.165, 1.54) is 6.08 Å². The quantitative estimate of drug-likeness (QED) is 0.346. The summed E-state index contributed by atoms with van der Waals surface area (Å²) in [5, 5.41) is 17.5. The normalized spacial score (nSPS) is 14.8. The van der Waals surface area contributed by atoms with E-state index >= 15 is 0 Å². The number of phosphoric ester groups is 1. The Morgan fingerprint density at radius 2 is 1.76 bits per heavy atom. The summed E-state index contributed by atoms with van der Waals surface area (Å²) in [5.41, 5.74) is 0. The predicted octanol–water partition coefficient (Wildman–Crippen LogP) is -0.407. The lowest BCUT2D eigenvalue weighted by atomic mass is 10.4. The van der Waals surface area contributed by atoms with Crippen molar-refractivity contribution in [3.05, 3.63) is 12.7 Å². The molecule has 102 valence electrons. The van der Waals surface area contributed by atoms with Crippen molar-refractivity contribution in [2.75, 3.05) is 46.1 Å². The molecule has 0 bridgehead atoms. The SMILES string of the molecule is C=CCOP(=O)(O)OCCN(CCO)CCO. The Balaban J connectivity index is 3.84. The van der Waals surface area contributed by atoms with Crippen molar-refractivity contribution in [1.29, 1.82) is 0 Å². The monoisotopic (exact) mass is 269 g/mol. The summed E-state index contributed by atoms with van der Waals surface area (Å²) >= 11 is 0. The molecule has 17 heavy (non-hydrogen) atoms. The highest BCUT2D eigenvalue weighted by Gasteiger charge is 2.20. The van der Waals surface area contributed by atoms with Crippen LogP contribution in [0.2, 0.25) is 0 Å². The highest BCUT2D eigenvalue weighted by atomic mass is 31.2. The molecule has 0 saturated heterocycles. The number of nitrogens with zero attached hydrogens (tertiary/aromatic N) is 1. The van der Waals surface area contributed by atoms with Gasteiger partial charge in [0, 0.05) is 19.6 Å². The Kier molecular flexibility index (Phi) is 9.57. The van der Waals surface area contributed by atoms with E-state index in [1.807, 2.05) is 0 Å². The smallest absolute Gasteiger partial charge is 0.395 e. The zero-order chi connectivity index (χ0) is 13.1. The van der Waals surface area contributed by atoms with E-state index in [0.717, 1.165) is 0 Å². The molecule has 0 heterocycles. The molecule has 0 aromatic heterocycles. The molecule has 0 saturated carbocycles. The van der Waals surface area contributed by atoms with Crippen LogP contribution in [-0.2, 0) is 13.6 Å². The van der Waals surface area contributed by atoms with Crippen molar-refractivity contribution in [1.82, 2.24) is 4.90 Å². The number of hydrogen-bond donors (Lipinski definition) is 3. The highest BCUT2D eigenvalue weighted by Crippen LogP contribution is 2.42. The molecule has 0 aliphatic heterocycles. The summed E-state index contributed by atoms with van der Waals surface area (Å²) in [4.78, 5) is 10.9. The Hall–Kier alpha value is -0.270. The number of hydrogen-bond acceptors (Lipinski definition) is 6. The maximum Gasteiger partial charge on any atom is 0.472 e. The van der Waals surface area contributed by atoms with Gasteiger partial charge in [-0.1, -0.05) is 6.08 Å². The highest BCUT2D eigenvalue weighted by molar-refractivity contribution is 7.47. The Bertz CT molecular complexity index is 244. The minimum absolute atomic E-state index is 0.0229. The van der Waals surface area contributed by atoms with Gasteiger partial charge in [0.1, 0.15) is 0 Å². The third kappa shape index (κ3) is 9.43. The van der Waals surface area contributed by atoms with E-state index in [1.54, 1.807) is 4.90 Å². The minimum Gasteiger partial charge on any atom is -0.395 e. The summed E-state index contributed by atoms with van der Waals surface area (Å²) in [6, 6.07) is 0. The van der Waals surface area contributed by atoms with Crippen LogP contribution in [0.5, 0.6) is 0 Å². The molecule has 0 aromatic carbocycles. The van der Waals surface area contributed by atoms with Gasteiger partial charge < -0.3 is 15.1 Å². The lowest BCUT2D eigenvalue weighted by Crippen LogP contribution is -2.32. The third-order valence-electron chi connectivity index (χ3n) is 1.85. The van der Waals surface area contributed by atoms with Crippen LogP contribution >= 0.6 is 7.82 Å². The van der Waals surface area contributed by atoms with E-state index in [-0.39, 0.29) is 26.4 Å². The standard InChI is InChI=1S/C9H20NO6P/c1-2-8-15-17(13,14)16-9-5-10(3-6-11)4-7-12/h2,11-12H,1,3-9H2,(H,13,14). The molecule has 0 rings (SSSR count). The Labute approximate surface area is 101 Å². The number of aliphatic hydroxyl groups excluding tert-OH is 2. The Morgan fingerprint density at radius 3 is 2.24 bits per heavy atom. The number of phosphoric acid groups is 1. The second-order valence-corrected chi connectivity index (χ2v) is 4.63. The molecular formula is C9H20NO6P. The van der Waals surface area contributed by atoms with E-state index in [2.05, 4.69) is 11.1 Å². The van der Waals surface area contributed by atoms with Crippen molar-refractivity contribution in [3.63, 3.8) is 0 Å². The number of rotatable bonds is 11. The molecular weight excluding hydrogens is 249 g/mol. The van der Waals surface area contributed by atoms with Crippen LogP contribution < -0.4 is 0 Å². The lowest BCUT2D eigenvalue weighted by molar-refractivity contribution is 0.117. The van der Waals surface area contributed by atoms with Gasteiger partial charge >= 0.3 is 7.82 Å². The predicted molar refractivity (Wildman–Crippen MR) is 62.5 cm³/mol. The average molecular weight is 269 g/mol. The lowest BCUT2D eigenvalue weighted by Gasteiger charge is -2.20. The van der Waals surface area contributed by atoms with E-state index in [0.29, 0.717) is 19.6 Å². The summed E-state index contributed by atoms with van der Waals surface area (Å²) < 4.78 is 20.4. The van der Waals surface area contributed by atoms with Crippen LogP contribution in [0.15, 0.2) is 12.7 Å². The van der Waals surface area contributed by atoms with Crippen LogP contribution in [0, 0.1) is 0 Å². The first-order valence-corrected chi connectivity index (χ1v) is 6.72. The molecule has 0 aromatic rings. The maximum absolute atomic E-state index is 11.2. The zero-order valence-corrected chi connectivity index (χ0v) is 10.6. The third-order valence-corrected chi connectivity index (χ3v) is 2.83. The molecule has 0 aliphatic rings. The summed E-state index contributed by atoms with van der Waals surface area (Å²) in [5.74, 6) is 0. The van der Waals surface area contributed by atoms with Crippen LogP contribution in [0.25, 0.3) is 0 Å². The molecule has 8 heteroatoms. The van der Waals surface area contributed by atoms with Gasteiger partial charge in [0.05, 0.1) is 26.4 Å². The summed E-state index contributed by atoms with van der Waals surface area (Å²) in [6.45, 7) is 4.21. The molecule has 0 fully saturated rings. The van der Waals surface area contributed by atoms with E-state index in [4.69, 9.17) is 19.6 Å². The summed E-state index contributed by atoms with van der Waals surface area (Å²) in [7, 11) is -4.03. The molecule has 3 N–H and O–H groups in total. The molecule has 1 atom stereocenters. The fraction of sp³-hybridized carbons (Fsp3) is 0.778. The van der Waals surface area contributed by atoms with Crippen molar-refractivity contribution in [3.8, 4) is 0 Å². The molecule has 1 unspecified atom stereocenters. The first-order chi connectivity index (χ1) is 8.05. The largest absolute Gasteiger partial charge is 0.472 e. The van der Waals surface area contributed by atoms with Crippen molar-refractivity contribution in [2.45, 2.75) is 0 Å². The molecule has 0 radical (unpaired) electrons. The first-order valence-electron chi connectivity index (χ1n) is 5.22. The van der Waals surface area contributed by atoms with E-state index < -0.39 is 7.82 Å². The van der Waals surface area contributed by atoms with Gasteiger partial charge in [0.2, 0.25) is 0 Å². The van der Waals surface area contributed by atoms with Crippen molar-refractivity contribution < 1.29 is 28.7 Å². The zero-order valence-electron chi connectivity index (χ0n) is 9.70. The average Bonchev–Trinajstić information content (AvgIpc) is 2.27. The second kappa shape index (κ2) is 9.73. The van der Waals surface area contributed by atoms with Gasteiger partial charge in [-0.25, -0.2) is 4.57 Å². The van der Waals surface area contributed by atoms with Gasteiger partial charge in [-0.05, 0) is 0 Å². The van der Waals surface area contributed by atoms with Crippen molar-refractivity contribution >= 4 is 7.82 Å². The van der Waals surface area contributed by atoms with Crippen LogP contribution in [0.1, 0.15) is 0 Å². The van der Waals surface area contributed by atoms with Gasteiger partial charge in [-0.15, -0.1) is 6.58 Å². The topological polar surface area (TPSA) is 99.5 Å². The number of aliphatic hydroxyl groups is 2. The molecule has 0 aliphatic carbocycles. The van der Waals surface area contributed by atoms with Gasteiger partial charge in [-0.3, -0.25) is 13.9 Å². The van der Waals surface area contributed by atoms with Crippen LogP contribution in [0.4, 0.5) is 0 Å². The van der Waals surface area contributed by atoms with Crippen molar-refractivity contribution in [2.24, 2.45) is 0 Å². The maximum atomic E-state index is 11.2. The summed E-state index contributed by atoms with van der Waals surface area (Å²) in [6.07, 6.45) is 1.34. The molecule has 7 nitrogen and oxygen atoms in total. The Morgan fingerprint density at radius 1 is 1.18 bits per heavy atom. The fourth-order valence-electron chi connectivity index (χ4n) is 1.09. The fourth-order valence-corrected chi connectivity index (χ4v) is 1.77. The van der Waals surface area contributed by atoms with Crippen LogP contribution in [0.3, 0.4) is 0 Å². The van der Waals surface area contributed by atoms with Gasteiger partial charge in [-0.2, -0.15) is 0 Å². The van der Waals surface area contributed by atoms with Crippen LogP contribution in [-0.4, -0.2) is 66.1 Å². The molecule has 0 amide bonds. The second-order valence-electron chi connectivity index (χ2n) is 3.18. The first kappa shape index (κ1) is 16.7. The van der Waals surface area contributed by atoms with E-state index in [9.17, 15) is 4.57 Å². The van der Waals surface area contributed by atoms with Gasteiger partial charge in [0.15, 0.2) is 0 Å². The minimum atomic E-state index is -4.03. The van der Waals surface area contributed by atoms with Gasteiger partial charge in [0.25, 0.3) is 0 Å².